The van der Waals surface area contributed by atoms with E-state index in [0.29, 0.717) is 0 Å². The summed E-state index contributed by atoms with van der Waals surface area (Å²) < 4.78 is -1.70. The van der Waals surface area contributed by atoms with E-state index < -0.39 is 20.8 Å². The maximum atomic E-state index is 12.5. The molecule has 1 amide bonds. The van der Waals surface area contributed by atoms with Gasteiger partial charge in [0.15, 0.2) is 0 Å². The number of nitrogens with one attached hydrogen (secondary N) is 2. The Balaban J connectivity index is 2.22. The predicted octanol–water partition coefficient (Wildman–Crippen LogP) is 2.09. The van der Waals surface area contributed by atoms with Crippen molar-refractivity contribution < 1.29 is 14.6 Å². The van der Waals surface area contributed by atoms with Gasteiger partial charge in [0, 0.05) is 6.07 Å². The molecular formula is C14H17Cl3N3O3+. The van der Waals surface area contributed by atoms with Gasteiger partial charge in [-0.1, -0.05) is 46.9 Å². The molecule has 0 aromatic heterocycles. The third-order valence-corrected chi connectivity index (χ3v) is 4.51. The van der Waals surface area contributed by atoms with Gasteiger partial charge in [0.2, 0.25) is 6.17 Å². The van der Waals surface area contributed by atoms with Crippen LogP contribution in [0.25, 0.3) is 0 Å². The molecule has 0 unspecified atom stereocenters. The van der Waals surface area contributed by atoms with Crippen LogP contribution in [-0.4, -0.2) is 33.9 Å². The van der Waals surface area contributed by atoms with Crippen LogP contribution in [0.4, 0.5) is 5.69 Å². The summed E-state index contributed by atoms with van der Waals surface area (Å²) >= 11 is 18.1. The Morgan fingerprint density at radius 2 is 1.83 bits per heavy atom. The van der Waals surface area contributed by atoms with Gasteiger partial charge in [-0.3, -0.25) is 20.2 Å². The quantitative estimate of drug-likeness (QED) is 0.476. The van der Waals surface area contributed by atoms with Gasteiger partial charge in [-0.05, 0) is 25.3 Å². The Morgan fingerprint density at radius 1 is 1.22 bits per heavy atom. The molecule has 0 bridgehead atoms. The average molecular weight is 382 g/mol. The number of carbonyl (C=O) groups is 1. The van der Waals surface area contributed by atoms with E-state index in [1.165, 1.54) is 18.2 Å². The first-order valence-electron chi connectivity index (χ1n) is 7.26. The molecule has 1 saturated heterocycles. The highest BCUT2D eigenvalue weighted by Crippen LogP contribution is 2.28. The normalized spacial score (nSPS) is 17.5. The Hall–Kier alpha value is -1.08. The number of hydrogen-bond acceptors (Lipinski definition) is 3. The van der Waals surface area contributed by atoms with Gasteiger partial charge in [0.05, 0.1) is 18.0 Å². The van der Waals surface area contributed by atoms with Gasteiger partial charge < -0.3 is 4.90 Å². The highest BCUT2D eigenvalue weighted by atomic mass is 35.6. The third-order valence-electron chi connectivity index (χ3n) is 3.85. The van der Waals surface area contributed by atoms with Crippen LogP contribution in [0.2, 0.25) is 0 Å². The van der Waals surface area contributed by atoms with E-state index in [9.17, 15) is 14.9 Å². The summed E-state index contributed by atoms with van der Waals surface area (Å²) in [5.74, 6) is -0.619. The number of nitro benzene ring substituents is 1. The maximum Gasteiger partial charge on any atom is 0.282 e. The fraction of sp³-hybridized carbons (Fsp3) is 0.500. The fourth-order valence-corrected chi connectivity index (χ4v) is 3.37. The van der Waals surface area contributed by atoms with Crippen molar-refractivity contribution in [2.45, 2.75) is 29.2 Å². The molecule has 0 aliphatic carbocycles. The molecule has 2 rings (SSSR count). The number of benzene rings is 1. The Morgan fingerprint density at radius 3 is 2.39 bits per heavy atom. The summed E-state index contributed by atoms with van der Waals surface area (Å²) in [6, 6.07) is 5.71. The fourth-order valence-electron chi connectivity index (χ4n) is 2.74. The lowest BCUT2D eigenvalue weighted by atomic mass is 10.1. The number of para-hydroxylation sites is 1. The molecule has 0 saturated carbocycles. The van der Waals surface area contributed by atoms with Crippen molar-refractivity contribution in [1.82, 2.24) is 5.32 Å². The number of likely N-dealkylation sites (tertiary alicyclic amines) is 1. The van der Waals surface area contributed by atoms with Gasteiger partial charge in [0.1, 0.15) is 5.56 Å². The summed E-state index contributed by atoms with van der Waals surface area (Å²) in [7, 11) is 0. The monoisotopic (exact) mass is 380 g/mol. The number of hydrogen-bond donors (Lipinski definition) is 2. The summed E-state index contributed by atoms with van der Waals surface area (Å²) in [5.41, 5.74) is -0.324. The smallest absolute Gasteiger partial charge is 0.282 e. The summed E-state index contributed by atoms with van der Waals surface area (Å²) in [6.07, 6.45) is 2.30. The lowest BCUT2D eigenvalue weighted by Crippen LogP contribution is -3.20. The van der Waals surface area contributed by atoms with Gasteiger partial charge in [-0.2, -0.15) is 0 Å². The molecular weight excluding hydrogens is 365 g/mol. The first-order valence-corrected chi connectivity index (χ1v) is 8.39. The second kappa shape index (κ2) is 7.66. The van der Waals surface area contributed by atoms with Crippen molar-refractivity contribution in [3.8, 4) is 0 Å². The average Bonchev–Trinajstić information content (AvgIpc) is 2.52. The predicted molar refractivity (Wildman–Crippen MR) is 89.2 cm³/mol. The molecule has 1 aromatic carbocycles. The molecule has 2 N–H and O–H groups in total. The highest BCUT2D eigenvalue weighted by molar-refractivity contribution is 6.68. The number of carbonyl (C=O) groups excluding carboxylic acids is 1. The lowest BCUT2D eigenvalue weighted by molar-refractivity contribution is -0.931. The number of halogens is 3. The Labute approximate surface area is 148 Å². The second-order valence-corrected chi connectivity index (χ2v) is 7.81. The van der Waals surface area contributed by atoms with E-state index in [1.807, 2.05) is 0 Å². The molecule has 1 aliphatic rings. The molecule has 1 fully saturated rings. The number of amides is 1. The van der Waals surface area contributed by atoms with Gasteiger partial charge >= 0.3 is 0 Å². The summed E-state index contributed by atoms with van der Waals surface area (Å²) in [6.45, 7) is 1.55. The van der Waals surface area contributed by atoms with Gasteiger partial charge in [-0.15, -0.1) is 0 Å². The highest BCUT2D eigenvalue weighted by Gasteiger charge is 2.43. The molecule has 1 aliphatic heterocycles. The molecule has 23 heavy (non-hydrogen) atoms. The largest absolute Gasteiger partial charge is 0.312 e. The number of alkyl halides is 3. The van der Waals surface area contributed by atoms with Crippen LogP contribution in [-0.2, 0) is 0 Å². The van der Waals surface area contributed by atoms with E-state index >= 15 is 0 Å². The number of quaternary nitrogens is 1. The molecule has 1 aromatic rings. The lowest BCUT2D eigenvalue weighted by Gasteiger charge is -2.35. The van der Waals surface area contributed by atoms with E-state index in [0.717, 1.165) is 37.3 Å². The van der Waals surface area contributed by atoms with E-state index in [2.05, 4.69) is 5.32 Å². The first-order chi connectivity index (χ1) is 10.8. The zero-order valence-corrected chi connectivity index (χ0v) is 14.5. The van der Waals surface area contributed by atoms with Crippen molar-refractivity contribution in [2.24, 2.45) is 0 Å². The zero-order valence-electron chi connectivity index (χ0n) is 12.2. The minimum atomic E-state index is -1.70. The van der Waals surface area contributed by atoms with Crippen LogP contribution >= 0.6 is 34.8 Å². The molecule has 0 radical (unpaired) electrons. The SMILES string of the molecule is O=C(N[C@@H]([NH+]1CCCCC1)C(Cl)(Cl)Cl)c1ccccc1[N+](=O)[O-]. The van der Waals surface area contributed by atoms with Crippen molar-refractivity contribution in [2.75, 3.05) is 13.1 Å². The van der Waals surface area contributed by atoms with E-state index in [-0.39, 0.29) is 11.3 Å². The Bertz CT molecular complexity index is 586. The van der Waals surface area contributed by atoms with E-state index in [1.54, 1.807) is 6.07 Å². The van der Waals surface area contributed by atoms with Crippen LogP contribution < -0.4 is 10.2 Å². The van der Waals surface area contributed by atoms with E-state index in [4.69, 9.17) is 34.8 Å². The Kier molecular flexibility index (Phi) is 6.08. The molecule has 0 spiro atoms. The van der Waals surface area contributed by atoms with Crippen LogP contribution in [0.3, 0.4) is 0 Å². The first kappa shape index (κ1) is 18.3. The molecule has 1 atom stereocenters. The van der Waals surface area contributed by atoms with Crippen molar-refractivity contribution in [3.63, 3.8) is 0 Å². The molecule has 9 heteroatoms. The molecule has 126 valence electrons. The number of rotatable bonds is 4. The van der Waals surface area contributed by atoms with Crippen LogP contribution in [0, 0.1) is 10.1 Å². The zero-order chi connectivity index (χ0) is 17.0. The van der Waals surface area contributed by atoms with Crippen molar-refractivity contribution in [1.29, 1.82) is 0 Å². The van der Waals surface area contributed by atoms with Gasteiger partial charge in [0.25, 0.3) is 15.4 Å². The van der Waals surface area contributed by atoms with Crippen LogP contribution in [0.1, 0.15) is 29.6 Å². The number of nitrogens with zero attached hydrogens (tertiary/aromatic N) is 1. The molecule has 1 heterocycles. The van der Waals surface area contributed by atoms with Crippen LogP contribution in [0.5, 0.6) is 0 Å². The third kappa shape index (κ3) is 4.70. The minimum absolute atomic E-state index is 0.0480. The topological polar surface area (TPSA) is 76.7 Å². The van der Waals surface area contributed by atoms with Gasteiger partial charge in [-0.25, -0.2) is 0 Å². The van der Waals surface area contributed by atoms with Crippen molar-refractivity contribution in [3.05, 3.63) is 39.9 Å². The molecule has 6 nitrogen and oxygen atoms in total. The summed E-state index contributed by atoms with van der Waals surface area (Å²) in [4.78, 5) is 23.9. The van der Waals surface area contributed by atoms with Crippen LogP contribution in [0.15, 0.2) is 24.3 Å². The number of nitro groups is 1. The number of piperidine rings is 1. The summed E-state index contributed by atoms with van der Waals surface area (Å²) in [5, 5.41) is 13.7. The minimum Gasteiger partial charge on any atom is -0.312 e. The second-order valence-electron chi connectivity index (χ2n) is 5.44. The van der Waals surface area contributed by atoms with Crippen molar-refractivity contribution >= 4 is 46.4 Å². The standard InChI is InChI=1S/C14H16Cl3N3O3/c15-14(16,17)13(19-8-4-1-5-9-19)18-12(21)10-6-2-3-7-11(10)20(22)23/h2-3,6-7,13H,1,4-5,8-9H2,(H,18,21)/p+1/t13-/m0/s1. The maximum absolute atomic E-state index is 12.5.